The fraction of sp³-hybridized carbons (Fsp3) is 0.357. The third-order valence-electron chi connectivity index (χ3n) is 3.16. The maximum absolute atomic E-state index is 13.8. The second-order valence-corrected chi connectivity index (χ2v) is 4.53. The highest BCUT2D eigenvalue weighted by Gasteiger charge is 2.17. The Morgan fingerprint density at radius 3 is 2.84 bits per heavy atom. The number of nitrogens with zero attached hydrogens (tertiary/aromatic N) is 1. The van der Waals surface area contributed by atoms with Crippen LogP contribution in [0.1, 0.15) is 43.7 Å². The van der Waals surface area contributed by atoms with Crippen LogP contribution in [0.25, 0.3) is 0 Å². The molecule has 0 saturated carbocycles. The van der Waals surface area contributed by atoms with Gasteiger partial charge in [0.2, 0.25) is 0 Å². The summed E-state index contributed by atoms with van der Waals surface area (Å²) in [4.78, 5) is 7.28. The van der Waals surface area contributed by atoms with Crippen LogP contribution in [0.3, 0.4) is 0 Å². The molecule has 0 aliphatic carbocycles. The van der Waals surface area contributed by atoms with Gasteiger partial charge >= 0.3 is 0 Å². The molecule has 0 radical (unpaired) electrons. The number of nitrogens with one attached hydrogen (secondary N) is 2. The molecule has 0 fully saturated rings. The average Bonchev–Trinajstić information content (AvgIpc) is 2.89. The van der Waals surface area contributed by atoms with Crippen molar-refractivity contribution in [1.29, 1.82) is 0 Å². The summed E-state index contributed by atoms with van der Waals surface area (Å²) in [6.45, 7) is 3.93. The Hall–Kier alpha value is -1.88. The summed E-state index contributed by atoms with van der Waals surface area (Å²) in [7, 11) is 0. The lowest BCUT2D eigenvalue weighted by Crippen LogP contribution is -2.25. The molecule has 2 unspecified atom stereocenters. The summed E-state index contributed by atoms with van der Waals surface area (Å²) in [5.74, 6) is 0.370. The van der Waals surface area contributed by atoms with Crippen molar-refractivity contribution in [2.24, 2.45) is 0 Å². The quantitative estimate of drug-likeness (QED) is 0.777. The van der Waals surface area contributed by atoms with Gasteiger partial charge in [0.05, 0.1) is 6.04 Å². The summed E-state index contributed by atoms with van der Waals surface area (Å²) in [5.41, 5.74) is 0.530. The minimum Gasteiger partial charge on any atom is -0.508 e. The Balaban J connectivity index is 2.13. The van der Waals surface area contributed by atoms with Crippen molar-refractivity contribution in [3.05, 3.63) is 47.8 Å². The number of imidazole rings is 1. The number of aromatic hydroxyl groups is 1. The van der Waals surface area contributed by atoms with Crippen LogP contribution >= 0.6 is 0 Å². The van der Waals surface area contributed by atoms with Crippen LogP contribution in [0.15, 0.2) is 30.6 Å². The van der Waals surface area contributed by atoms with Gasteiger partial charge < -0.3 is 15.4 Å². The van der Waals surface area contributed by atoms with Crippen molar-refractivity contribution in [3.63, 3.8) is 0 Å². The van der Waals surface area contributed by atoms with Gasteiger partial charge in [-0.05, 0) is 19.4 Å². The molecule has 1 aromatic heterocycles. The van der Waals surface area contributed by atoms with Gasteiger partial charge in [-0.3, -0.25) is 0 Å². The predicted octanol–water partition coefficient (Wildman–Crippen LogP) is 3.06. The molecular formula is C14H18FN3O. The lowest BCUT2D eigenvalue weighted by atomic mass is 10.1. The van der Waals surface area contributed by atoms with Gasteiger partial charge in [0.25, 0.3) is 0 Å². The number of halogens is 1. The number of hydrogen-bond donors (Lipinski definition) is 3. The molecule has 2 aromatic rings. The van der Waals surface area contributed by atoms with Crippen LogP contribution in [0.2, 0.25) is 0 Å². The summed E-state index contributed by atoms with van der Waals surface area (Å²) >= 11 is 0. The topological polar surface area (TPSA) is 60.9 Å². The molecule has 0 aliphatic heterocycles. The number of phenols is 1. The maximum atomic E-state index is 13.8. The van der Waals surface area contributed by atoms with Crippen LogP contribution in [0.4, 0.5) is 4.39 Å². The molecule has 0 spiro atoms. The highest BCUT2D eigenvalue weighted by molar-refractivity contribution is 5.29. The molecule has 5 heteroatoms. The smallest absolute Gasteiger partial charge is 0.131 e. The molecule has 0 amide bonds. The zero-order chi connectivity index (χ0) is 13.8. The van der Waals surface area contributed by atoms with E-state index in [2.05, 4.69) is 15.3 Å². The fourth-order valence-corrected chi connectivity index (χ4v) is 2.12. The van der Waals surface area contributed by atoms with E-state index in [1.165, 1.54) is 6.07 Å². The van der Waals surface area contributed by atoms with Crippen molar-refractivity contribution in [3.8, 4) is 5.75 Å². The van der Waals surface area contributed by atoms with Crippen LogP contribution < -0.4 is 5.32 Å². The number of rotatable bonds is 5. The van der Waals surface area contributed by atoms with E-state index in [0.29, 0.717) is 5.56 Å². The van der Waals surface area contributed by atoms with Gasteiger partial charge in [0.1, 0.15) is 17.4 Å². The van der Waals surface area contributed by atoms with Gasteiger partial charge in [-0.25, -0.2) is 9.37 Å². The van der Waals surface area contributed by atoms with E-state index in [1.54, 1.807) is 18.5 Å². The normalized spacial score (nSPS) is 14.3. The first kappa shape index (κ1) is 13.5. The number of benzene rings is 1. The first-order valence-electron chi connectivity index (χ1n) is 6.35. The zero-order valence-electron chi connectivity index (χ0n) is 11.0. The van der Waals surface area contributed by atoms with Crippen molar-refractivity contribution in [1.82, 2.24) is 15.3 Å². The van der Waals surface area contributed by atoms with Crippen molar-refractivity contribution < 1.29 is 9.50 Å². The lowest BCUT2D eigenvalue weighted by Gasteiger charge is -2.21. The highest BCUT2D eigenvalue weighted by atomic mass is 19.1. The fourth-order valence-electron chi connectivity index (χ4n) is 2.12. The second-order valence-electron chi connectivity index (χ2n) is 4.53. The Kier molecular flexibility index (Phi) is 4.16. The first-order chi connectivity index (χ1) is 9.11. The van der Waals surface area contributed by atoms with Crippen LogP contribution in [0.5, 0.6) is 5.75 Å². The average molecular weight is 263 g/mol. The van der Waals surface area contributed by atoms with E-state index in [9.17, 15) is 9.50 Å². The van der Waals surface area contributed by atoms with E-state index in [1.807, 2.05) is 13.8 Å². The standard InChI is InChI=1S/C14H18FN3O/c1-3-13(14-16-6-7-17-14)18-9(2)11-5-4-10(19)8-12(11)15/h4-9,13,18-19H,3H2,1-2H3,(H,16,17). The minimum atomic E-state index is -0.408. The predicted molar refractivity (Wildman–Crippen MR) is 71.2 cm³/mol. The van der Waals surface area contributed by atoms with Crippen LogP contribution in [-0.2, 0) is 0 Å². The molecule has 1 heterocycles. The van der Waals surface area contributed by atoms with Crippen molar-refractivity contribution >= 4 is 0 Å². The monoisotopic (exact) mass is 263 g/mol. The summed E-state index contributed by atoms with van der Waals surface area (Å²) in [6, 6.07) is 4.08. The third kappa shape index (κ3) is 3.12. The van der Waals surface area contributed by atoms with Gasteiger partial charge in [-0.1, -0.05) is 13.0 Å². The van der Waals surface area contributed by atoms with Crippen molar-refractivity contribution in [2.45, 2.75) is 32.4 Å². The van der Waals surface area contributed by atoms with Gasteiger partial charge in [0, 0.05) is 30.1 Å². The molecule has 0 bridgehead atoms. The SMILES string of the molecule is CCC(NC(C)c1ccc(O)cc1F)c1ncc[nH]1. The summed E-state index contributed by atoms with van der Waals surface area (Å²) < 4.78 is 13.8. The van der Waals surface area contributed by atoms with E-state index >= 15 is 0 Å². The number of aromatic amines is 1. The number of aromatic nitrogens is 2. The highest BCUT2D eigenvalue weighted by Crippen LogP contribution is 2.24. The van der Waals surface area contributed by atoms with Gasteiger partial charge in [0.15, 0.2) is 0 Å². The number of hydrogen-bond acceptors (Lipinski definition) is 3. The Bertz CT molecular complexity index is 527. The lowest BCUT2D eigenvalue weighted by molar-refractivity contribution is 0.425. The minimum absolute atomic E-state index is 0.0400. The molecule has 0 saturated heterocycles. The Labute approximate surface area is 111 Å². The van der Waals surface area contributed by atoms with Crippen LogP contribution in [0, 0.1) is 5.82 Å². The van der Waals surface area contributed by atoms with Gasteiger partial charge in [-0.2, -0.15) is 0 Å². The van der Waals surface area contributed by atoms with E-state index in [-0.39, 0.29) is 17.8 Å². The number of H-pyrrole nitrogens is 1. The molecule has 3 N–H and O–H groups in total. The molecule has 1 aromatic carbocycles. The Morgan fingerprint density at radius 2 is 2.26 bits per heavy atom. The Morgan fingerprint density at radius 1 is 1.47 bits per heavy atom. The molecule has 4 nitrogen and oxygen atoms in total. The van der Waals surface area contributed by atoms with Crippen molar-refractivity contribution in [2.75, 3.05) is 0 Å². The van der Waals surface area contributed by atoms with Gasteiger partial charge in [-0.15, -0.1) is 0 Å². The largest absolute Gasteiger partial charge is 0.508 e. The molecule has 2 atom stereocenters. The van der Waals surface area contributed by atoms with Crippen LogP contribution in [-0.4, -0.2) is 15.1 Å². The molecule has 0 aliphatic rings. The summed E-state index contributed by atoms with van der Waals surface area (Å²) in [5, 5.41) is 12.6. The molecular weight excluding hydrogens is 245 g/mol. The van der Waals surface area contributed by atoms with E-state index in [4.69, 9.17) is 0 Å². The third-order valence-corrected chi connectivity index (χ3v) is 3.16. The zero-order valence-corrected chi connectivity index (χ0v) is 11.0. The molecule has 19 heavy (non-hydrogen) atoms. The molecule has 2 rings (SSSR count). The maximum Gasteiger partial charge on any atom is 0.131 e. The first-order valence-corrected chi connectivity index (χ1v) is 6.35. The van der Waals surface area contributed by atoms with E-state index in [0.717, 1.165) is 18.3 Å². The summed E-state index contributed by atoms with van der Waals surface area (Å²) in [6.07, 6.45) is 4.31. The molecule has 102 valence electrons. The van der Waals surface area contributed by atoms with E-state index < -0.39 is 5.82 Å². The second kappa shape index (κ2) is 5.84. The number of phenolic OH excluding ortho intramolecular Hbond substituents is 1.